The first kappa shape index (κ1) is 13.9. The second-order valence-corrected chi connectivity index (χ2v) is 7.55. The summed E-state index contributed by atoms with van der Waals surface area (Å²) >= 11 is 0. The van der Waals surface area contributed by atoms with Crippen molar-refractivity contribution in [2.45, 2.75) is 25.3 Å². The third kappa shape index (κ3) is 3.70. The standard InChI is InChI=1S/C13H18N2O3S/c1-13(6-7-19(17,18)9-13)15-12(16)8-10-2-4-11(14)5-3-10/h2-5H,6-9,14H2,1H3,(H,15,16). The van der Waals surface area contributed by atoms with E-state index in [9.17, 15) is 13.2 Å². The van der Waals surface area contributed by atoms with Crippen LogP contribution in [0.25, 0.3) is 0 Å². The molecular formula is C13H18N2O3S. The smallest absolute Gasteiger partial charge is 0.224 e. The van der Waals surface area contributed by atoms with E-state index in [1.54, 1.807) is 31.2 Å². The Balaban J connectivity index is 1.97. The van der Waals surface area contributed by atoms with Gasteiger partial charge in [-0.1, -0.05) is 12.1 Å². The van der Waals surface area contributed by atoms with Crippen molar-refractivity contribution in [3.63, 3.8) is 0 Å². The van der Waals surface area contributed by atoms with Crippen molar-refractivity contribution in [2.75, 3.05) is 17.2 Å². The van der Waals surface area contributed by atoms with Crippen LogP contribution in [0.4, 0.5) is 5.69 Å². The highest BCUT2D eigenvalue weighted by atomic mass is 32.2. The summed E-state index contributed by atoms with van der Waals surface area (Å²) in [5.74, 6) is 0.00318. The van der Waals surface area contributed by atoms with Crippen LogP contribution in [0.2, 0.25) is 0 Å². The van der Waals surface area contributed by atoms with E-state index in [0.717, 1.165) is 5.56 Å². The predicted octanol–water partition coefficient (Wildman–Crippen LogP) is 0.505. The molecule has 1 aliphatic heterocycles. The maximum atomic E-state index is 11.9. The Hall–Kier alpha value is -1.56. The quantitative estimate of drug-likeness (QED) is 0.790. The van der Waals surface area contributed by atoms with Gasteiger partial charge >= 0.3 is 0 Å². The van der Waals surface area contributed by atoms with Crippen molar-refractivity contribution in [2.24, 2.45) is 0 Å². The molecule has 1 fully saturated rings. The van der Waals surface area contributed by atoms with Crippen molar-refractivity contribution < 1.29 is 13.2 Å². The van der Waals surface area contributed by atoms with Gasteiger partial charge in [-0.2, -0.15) is 0 Å². The highest BCUT2D eigenvalue weighted by Gasteiger charge is 2.39. The van der Waals surface area contributed by atoms with Crippen LogP contribution < -0.4 is 11.1 Å². The van der Waals surface area contributed by atoms with Gasteiger partial charge in [-0.25, -0.2) is 8.42 Å². The molecule has 0 radical (unpaired) electrons. The molecule has 104 valence electrons. The monoisotopic (exact) mass is 282 g/mol. The predicted molar refractivity (Wildman–Crippen MR) is 74.4 cm³/mol. The van der Waals surface area contributed by atoms with Gasteiger partial charge in [0.2, 0.25) is 5.91 Å². The Morgan fingerprint density at radius 1 is 1.37 bits per heavy atom. The van der Waals surface area contributed by atoms with Crippen LogP contribution in [0, 0.1) is 0 Å². The van der Waals surface area contributed by atoms with Gasteiger partial charge in [-0.15, -0.1) is 0 Å². The molecule has 1 heterocycles. The minimum atomic E-state index is -3.01. The lowest BCUT2D eigenvalue weighted by molar-refractivity contribution is -0.121. The van der Waals surface area contributed by atoms with E-state index < -0.39 is 15.4 Å². The lowest BCUT2D eigenvalue weighted by atomic mass is 10.0. The molecule has 0 aliphatic carbocycles. The Morgan fingerprint density at radius 2 is 2.00 bits per heavy atom. The van der Waals surface area contributed by atoms with Crippen molar-refractivity contribution in [3.05, 3.63) is 29.8 Å². The summed E-state index contributed by atoms with van der Waals surface area (Å²) in [5.41, 5.74) is 6.45. The van der Waals surface area contributed by atoms with Crippen molar-refractivity contribution >= 4 is 21.4 Å². The first-order valence-electron chi connectivity index (χ1n) is 6.14. The number of amides is 1. The van der Waals surface area contributed by atoms with Gasteiger partial charge in [0.1, 0.15) is 0 Å². The van der Waals surface area contributed by atoms with Crippen LogP contribution in [-0.4, -0.2) is 31.4 Å². The molecule has 2 rings (SSSR count). The molecule has 1 aromatic rings. The zero-order valence-corrected chi connectivity index (χ0v) is 11.7. The van der Waals surface area contributed by atoms with Crippen LogP contribution in [0.3, 0.4) is 0 Å². The molecule has 1 saturated heterocycles. The first-order valence-corrected chi connectivity index (χ1v) is 7.96. The fourth-order valence-corrected chi connectivity index (χ4v) is 4.40. The van der Waals surface area contributed by atoms with E-state index in [-0.39, 0.29) is 23.8 Å². The third-order valence-corrected chi connectivity index (χ3v) is 5.19. The molecule has 6 heteroatoms. The van der Waals surface area contributed by atoms with E-state index in [2.05, 4.69) is 5.32 Å². The molecule has 1 amide bonds. The fourth-order valence-electron chi connectivity index (χ4n) is 2.31. The van der Waals surface area contributed by atoms with Crippen LogP contribution in [0.15, 0.2) is 24.3 Å². The molecule has 0 saturated carbocycles. The van der Waals surface area contributed by atoms with Crippen molar-refractivity contribution in [1.82, 2.24) is 5.32 Å². The number of nitrogens with two attached hydrogens (primary N) is 1. The Morgan fingerprint density at radius 3 is 2.53 bits per heavy atom. The maximum Gasteiger partial charge on any atom is 0.224 e. The highest BCUT2D eigenvalue weighted by molar-refractivity contribution is 7.91. The van der Waals surface area contributed by atoms with Crippen LogP contribution >= 0.6 is 0 Å². The van der Waals surface area contributed by atoms with E-state index in [1.807, 2.05) is 0 Å². The lowest BCUT2D eigenvalue weighted by Crippen LogP contribution is -2.47. The molecule has 1 aliphatic rings. The van der Waals surface area contributed by atoms with Gasteiger partial charge in [0.15, 0.2) is 9.84 Å². The minimum Gasteiger partial charge on any atom is -0.399 e. The van der Waals surface area contributed by atoms with Crippen LogP contribution in [0.1, 0.15) is 18.9 Å². The third-order valence-electron chi connectivity index (χ3n) is 3.29. The second-order valence-electron chi connectivity index (χ2n) is 5.37. The molecule has 1 unspecified atom stereocenters. The molecule has 5 nitrogen and oxygen atoms in total. The molecule has 3 N–H and O–H groups in total. The van der Waals surface area contributed by atoms with Gasteiger partial charge in [-0.3, -0.25) is 4.79 Å². The second kappa shape index (κ2) is 4.85. The van der Waals surface area contributed by atoms with Gasteiger partial charge in [-0.05, 0) is 31.0 Å². The van der Waals surface area contributed by atoms with Gasteiger partial charge < -0.3 is 11.1 Å². The number of benzene rings is 1. The van der Waals surface area contributed by atoms with Gasteiger partial charge in [0, 0.05) is 5.69 Å². The summed E-state index contributed by atoms with van der Waals surface area (Å²) in [5, 5.41) is 2.82. The molecule has 19 heavy (non-hydrogen) atoms. The number of anilines is 1. The Labute approximate surface area is 113 Å². The normalized spacial score (nSPS) is 25.1. The number of nitrogen functional groups attached to an aromatic ring is 1. The molecule has 0 bridgehead atoms. The zero-order chi connectivity index (χ0) is 14.1. The van der Waals surface area contributed by atoms with Crippen molar-refractivity contribution in [1.29, 1.82) is 0 Å². The van der Waals surface area contributed by atoms with Gasteiger partial charge in [0.25, 0.3) is 0 Å². The molecule has 1 atom stereocenters. The summed E-state index contributed by atoms with van der Waals surface area (Å²) in [6, 6.07) is 7.07. The number of carbonyl (C=O) groups excluding carboxylic acids is 1. The number of rotatable bonds is 3. The number of hydrogen-bond acceptors (Lipinski definition) is 4. The topological polar surface area (TPSA) is 89.3 Å². The van der Waals surface area contributed by atoms with E-state index in [1.165, 1.54) is 0 Å². The minimum absolute atomic E-state index is 0.0213. The largest absolute Gasteiger partial charge is 0.399 e. The average molecular weight is 282 g/mol. The fraction of sp³-hybridized carbons (Fsp3) is 0.462. The van der Waals surface area contributed by atoms with Gasteiger partial charge in [0.05, 0.1) is 23.5 Å². The first-order chi connectivity index (χ1) is 8.78. The molecule has 1 aromatic carbocycles. The van der Waals surface area contributed by atoms with Crippen molar-refractivity contribution in [3.8, 4) is 0 Å². The van der Waals surface area contributed by atoms with E-state index >= 15 is 0 Å². The molecule has 0 spiro atoms. The average Bonchev–Trinajstić information content (AvgIpc) is 2.56. The summed E-state index contributed by atoms with van der Waals surface area (Å²) in [7, 11) is -3.01. The number of nitrogens with one attached hydrogen (secondary N) is 1. The zero-order valence-electron chi connectivity index (χ0n) is 10.8. The summed E-state index contributed by atoms with van der Waals surface area (Å²) < 4.78 is 22.9. The summed E-state index contributed by atoms with van der Waals surface area (Å²) in [6.07, 6.45) is 0.707. The highest BCUT2D eigenvalue weighted by Crippen LogP contribution is 2.22. The summed E-state index contributed by atoms with van der Waals surface area (Å²) in [4.78, 5) is 11.9. The number of hydrogen-bond donors (Lipinski definition) is 2. The SMILES string of the molecule is CC1(NC(=O)Cc2ccc(N)cc2)CCS(=O)(=O)C1. The Bertz CT molecular complexity index is 580. The van der Waals surface area contributed by atoms with E-state index in [0.29, 0.717) is 12.1 Å². The number of sulfone groups is 1. The Kier molecular flexibility index (Phi) is 3.54. The van der Waals surface area contributed by atoms with Crippen LogP contribution in [0.5, 0.6) is 0 Å². The molecular weight excluding hydrogens is 264 g/mol. The lowest BCUT2D eigenvalue weighted by Gasteiger charge is -2.23. The maximum absolute atomic E-state index is 11.9. The summed E-state index contributed by atoms with van der Waals surface area (Å²) in [6.45, 7) is 1.78. The molecule has 0 aromatic heterocycles. The number of carbonyl (C=O) groups is 1. The van der Waals surface area contributed by atoms with E-state index in [4.69, 9.17) is 5.73 Å². The van der Waals surface area contributed by atoms with Crippen LogP contribution in [-0.2, 0) is 21.1 Å².